The monoisotopic (exact) mass is 462 g/mol. The van der Waals surface area contributed by atoms with Crippen molar-refractivity contribution in [1.82, 2.24) is 14.9 Å². The highest BCUT2D eigenvalue weighted by Gasteiger charge is 2.42. The van der Waals surface area contributed by atoms with E-state index >= 15 is 0 Å². The van der Waals surface area contributed by atoms with Gasteiger partial charge in [-0.05, 0) is 61.0 Å². The van der Waals surface area contributed by atoms with Gasteiger partial charge < -0.3 is 24.3 Å². The standard InChI is InChI=1S/C26H30N4O2S/c1-31-20-11-12-22(23(16-20)32-2)30-25(24(28-26(30)33)21-10-6-7-14-27-21)18-13-15-29(17-18)19-8-4-3-5-9-19/h6-7,10-17,19,24-25H,3-5,8-9H2,1-2H3,(H,28,33). The molecule has 1 aliphatic carbocycles. The highest BCUT2D eigenvalue weighted by molar-refractivity contribution is 7.80. The van der Waals surface area contributed by atoms with Crippen molar-refractivity contribution in [3.63, 3.8) is 0 Å². The van der Waals surface area contributed by atoms with E-state index in [9.17, 15) is 0 Å². The summed E-state index contributed by atoms with van der Waals surface area (Å²) < 4.78 is 13.6. The summed E-state index contributed by atoms with van der Waals surface area (Å²) in [5, 5.41) is 4.19. The van der Waals surface area contributed by atoms with Gasteiger partial charge in [-0.1, -0.05) is 25.3 Å². The second kappa shape index (κ2) is 9.43. The fourth-order valence-electron chi connectivity index (χ4n) is 5.15. The van der Waals surface area contributed by atoms with Crippen molar-refractivity contribution < 1.29 is 9.47 Å². The number of rotatable bonds is 6. The van der Waals surface area contributed by atoms with E-state index in [1.807, 2.05) is 36.5 Å². The first-order valence-electron chi connectivity index (χ1n) is 11.6. The zero-order chi connectivity index (χ0) is 22.8. The van der Waals surface area contributed by atoms with Gasteiger partial charge in [0.05, 0.1) is 37.7 Å². The first kappa shape index (κ1) is 21.8. The van der Waals surface area contributed by atoms with Gasteiger partial charge in [-0.3, -0.25) is 4.98 Å². The molecule has 1 aromatic carbocycles. The van der Waals surface area contributed by atoms with Gasteiger partial charge in [0.25, 0.3) is 0 Å². The molecule has 1 saturated carbocycles. The van der Waals surface area contributed by atoms with Crippen LogP contribution in [0.15, 0.2) is 61.1 Å². The van der Waals surface area contributed by atoms with Crippen LogP contribution in [-0.4, -0.2) is 28.9 Å². The number of hydrogen-bond donors (Lipinski definition) is 1. The van der Waals surface area contributed by atoms with Crippen LogP contribution in [0.25, 0.3) is 0 Å². The summed E-state index contributed by atoms with van der Waals surface area (Å²) in [6.07, 6.45) is 12.8. The lowest BCUT2D eigenvalue weighted by Crippen LogP contribution is -2.29. The third-order valence-corrected chi connectivity index (χ3v) is 7.13. The minimum Gasteiger partial charge on any atom is -0.497 e. The zero-order valence-corrected chi connectivity index (χ0v) is 19.9. The van der Waals surface area contributed by atoms with Crippen LogP contribution < -0.4 is 19.7 Å². The van der Waals surface area contributed by atoms with Crippen molar-refractivity contribution in [3.8, 4) is 11.5 Å². The number of aromatic nitrogens is 2. The molecule has 6 nitrogen and oxygen atoms in total. The molecule has 2 atom stereocenters. The summed E-state index contributed by atoms with van der Waals surface area (Å²) in [5.74, 6) is 1.46. The fraction of sp³-hybridized carbons (Fsp3) is 0.385. The topological polar surface area (TPSA) is 51.5 Å². The molecule has 1 saturated heterocycles. The van der Waals surface area contributed by atoms with E-state index in [-0.39, 0.29) is 12.1 Å². The first-order valence-corrected chi connectivity index (χ1v) is 12.0. The van der Waals surface area contributed by atoms with E-state index in [1.54, 1.807) is 14.2 Å². The van der Waals surface area contributed by atoms with E-state index in [0.717, 1.165) is 22.9 Å². The van der Waals surface area contributed by atoms with Gasteiger partial charge in [0.2, 0.25) is 0 Å². The second-order valence-electron chi connectivity index (χ2n) is 8.72. The maximum Gasteiger partial charge on any atom is 0.174 e. The lowest BCUT2D eigenvalue weighted by molar-refractivity contribution is 0.353. The molecule has 3 heterocycles. The number of pyridine rings is 1. The van der Waals surface area contributed by atoms with Crippen LogP contribution in [-0.2, 0) is 0 Å². The smallest absolute Gasteiger partial charge is 0.174 e. The van der Waals surface area contributed by atoms with Crippen molar-refractivity contribution in [2.24, 2.45) is 0 Å². The number of nitrogens with one attached hydrogen (secondary N) is 1. The molecule has 2 aliphatic rings. The van der Waals surface area contributed by atoms with Gasteiger partial charge in [-0.25, -0.2) is 0 Å². The molecule has 0 radical (unpaired) electrons. The van der Waals surface area contributed by atoms with Gasteiger partial charge in [-0.2, -0.15) is 0 Å². The molecule has 2 aromatic heterocycles. The van der Waals surface area contributed by atoms with Gasteiger partial charge in [-0.15, -0.1) is 0 Å². The molecule has 0 amide bonds. The molecule has 1 aliphatic heterocycles. The average Bonchev–Trinajstić information content (AvgIpc) is 3.49. The van der Waals surface area contributed by atoms with Crippen LogP contribution >= 0.6 is 12.2 Å². The van der Waals surface area contributed by atoms with Gasteiger partial charge in [0.15, 0.2) is 5.11 Å². The lowest BCUT2D eigenvalue weighted by atomic mass is 9.95. The molecule has 0 spiro atoms. The Morgan fingerprint density at radius 3 is 2.61 bits per heavy atom. The summed E-state index contributed by atoms with van der Waals surface area (Å²) in [4.78, 5) is 6.82. The molecule has 33 heavy (non-hydrogen) atoms. The Labute approximate surface area is 200 Å². The number of hydrogen-bond acceptors (Lipinski definition) is 4. The van der Waals surface area contributed by atoms with Crippen molar-refractivity contribution in [1.29, 1.82) is 0 Å². The molecule has 2 fully saturated rings. The predicted octanol–water partition coefficient (Wildman–Crippen LogP) is 5.58. The molecular formula is C26H30N4O2S. The first-order chi connectivity index (χ1) is 16.2. The molecule has 5 rings (SSSR count). The Bertz CT molecular complexity index is 1110. The number of nitrogens with zero attached hydrogens (tertiary/aromatic N) is 3. The number of anilines is 1. The molecule has 2 unspecified atom stereocenters. The van der Waals surface area contributed by atoms with Crippen LogP contribution in [0.2, 0.25) is 0 Å². The fourth-order valence-corrected chi connectivity index (χ4v) is 5.49. The van der Waals surface area contributed by atoms with Gasteiger partial charge in [0.1, 0.15) is 11.5 Å². The molecule has 7 heteroatoms. The minimum atomic E-state index is -0.0762. The second-order valence-corrected chi connectivity index (χ2v) is 9.10. The van der Waals surface area contributed by atoms with Crippen molar-refractivity contribution in [3.05, 3.63) is 72.3 Å². The Balaban J connectivity index is 1.58. The summed E-state index contributed by atoms with van der Waals surface area (Å²) in [6, 6.07) is 14.5. The van der Waals surface area contributed by atoms with E-state index in [2.05, 4.69) is 44.3 Å². The average molecular weight is 463 g/mol. The minimum absolute atomic E-state index is 0.0560. The van der Waals surface area contributed by atoms with E-state index in [0.29, 0.717) is 11.2 Å². The predicted molar refractivity (Wildman–Crippen MR) is 134 cm³/mol. The van der Waals surface area contributed by atoms with Crippen LogP contribution in [0.1, 0.15) is 61.5 Å². The molecule has 0 bridgehead atoms. The normalized spacial score (nSPS) is 21.2. The van der Waals surface area contributed by atoms with E-state index in [1.165, 1.54) is 37.7 Å². The maximum absolute atomic E-state index is 5.87. The summed E-state index contributed by atoms with van der Waals surface area (Å²) in [5.41, 5.74) is 3.08. The number of thiocarbonyl (C=S) groups is 1. The number of benzene rings is 1. The molecule has 3 aromatic rings. The maximum atomic E-state index is 5.87. The summed E-state index contributed by atoms with van der Waals surface area (Å²) in [6.45, 7) is 0. The zero-order valence-electron chi connectivity index (χ0n) is 19.1. The third-order valence-electron chi connectivity index (χ3n) is 6.82. The van der Waals surface area contributed by atoms with Gasteiger partial charge in [0, 0.05) is 30.7 Å². The van der Waals surface area contributed by atoms with Crippen LogP contribution in [0.3, 0.4) is 0 Å². The van der Waals surface area contributed by atoms with Crippen molar-refractivity contribution >= 4 is 23.0 Å². The Morgan fingerprint density at radius 1 is 1.03 bits per heavy atom. The Kier molecular flexibility index (Phi) is 6.22. The van der Waals surface area contributed by atoms with Crippen molar-refractivity contribution in [2.45, 2.75) is 50.2 Å². The molecule has 172 valence electrons. The van der Waals surface area contributed by atoms with Crippen molar-refractivity contribution in [2.75, 3.05) is 19.1 Å². The molecular weight excluding hydrogens is 432 g/mol. The number of methoxy groups -OCH3 is 2. The van der Waals surface area contributed by atoms with E-state index in [4.69, 9.17) is 21.7 Å². The van der Waals surface area contributed by atoms with Crippen LogP contribution in [0.4, 0.5) is 5.69 Å². The van der Waals surface area contributed by atoms with Gasteiger partial charge >= 0.3 is 0 Å². The third kappa shape index (κ3) is 4.17. The Morgan fingerprint density at radius 2 is 1.88 bits per heavy atom. The summed E-state index contributed by atoms with van der Waals surface area (Å²) >= 11 is 5.87. The quantitative estimate of drug-likeness (QED) is 0.483. The Hall–Kier alpha value is -3.06. The largest absolute Gasteiger partial charge is 0.497 e. The highest BCUT2D eigenvalue weighted by Crippen LogP contribution is 2.45. The van der Waals surface area contributed by atoms with Crippen LogP contribution in [0, 0.1) is 0 Å². The SMILES string of the molecule is COc1ccc(N2C(=S)NC(c3ccccn3)C2c2ccn(C3CCCCC3)c2)c(OC)c1. The van der Waals surface area contributed by atoms with Crippen LogP contribution in [0.5, 0.6) is 11.5 Å². The summed E-state index contributed by atoms with van der Waals surface area (Å²) in [7, 11) is 3.33. The number of ether oxygens (including phenoxy) is 2. The highest BCUT2D eigenvalue weighted by atomic mass is 32.1. The van der Waals surface area contributed by atoms with E-state index < -0.39 is 0 Å². The lowest BCUT2D eigenvalue weighted by Gasteiger charge is -2.29. The molecule has 1 N–H and O–H groups in total.